The van der Waals surface area contributed by atoms with Crippen LogP contribution in [0.2, 0.25) is 0 Å². The average molecular weight is 386 g/mol. The Bertz CT molecular complexity index is 951. The third-order valence-corrected chi connectivity index (χ3v) is 5.23. The van der Waals surface area contributed by atoms with Gasteiger partial charge in [-0.25, -0.2) is 4.99 Å². The first-order chi connectivity index (χ1) is 14.3. The molecule has 0 spiro atoms. The standard InChI is InChI=1S/C24H27N5/c25-24(27-15-12-22-6-3-4-14-26-22)28-17-19-8-10-20(11-9-19)18-29-16-13-21-5-1-2-7-23(21)29/h1-11,14H,12-13,15-18H2,(H3,25,27,28). The van der Waals surface area contributed by atoms with Crippen molar-refractivity contribution in [2.24, 2.45) is 10.7 Å². The molecule has 5 nitrogen and oxygen atoms in total. The van der Waals surface area contributed by atoms with Crippen molar-refractivity contribution >= 4 is 11.6 Å². The van der Waals surface area contributed by atoms with Crippen LogP contribution >= 0.6 is 0 Å². The van der Waals surface area contributed by atoms with E-state index < -0.39 is 0 Å². The predicted octanol–water partition coefficient (Wildman–Crippen LogP) is 3.29. The van der Waals surface area contributed by atoms with Crippen molar-refractivity contribution in [2.75, 3.05) is 18.0 Å². The fraction of sp³-hybridized carbons (Fsp3) is 0.250. The molecule has 0 aliphatic carbocycles. The van der Waals surface area contributed by atoms with Gasteiger partial charge < -0.3 is 16.0 Å². The summed E-state index contributed by atoms with van der Waals surface area (Å²) in [6, 6.07) is 23.3. The summed E-state index contributed by atoms with van der Waals surface area (Å²) in [6.45, 7) is 3.34. The summed E-state index contributed by atoms with van der Waals surface area (Å²) in [7, 11) is 0. The third kappa shape index (κ3) is 5.13. The zero-order valence-corrected chi connectivity index (χ0v) is 16.6. The minimum Gasteiger partial charge on any atom is -0.370 e. The van der Waals surface area contributed by atoms with Gasteiger partial charge in [0.2, 0.25) is 0 Å². The first kappa shape index (κ1) is 19.0. The number of nitrogens with one attached hydrogen (secondary N) is 1. The highest BCUT2D eigenvalue weighted by molar-refractivity contribution is 5.77. The molecule has 0 radical (unpaired) electrons. The molecule has 1 aromatic heterocycles. The molecule has 2 aromatic carbocycles. The van der Waals surface area contributed by atoms with Gasteiger partial charge in [-0.15, -0.1) is 0 Å². The van der Waals surface area contributed by atoms with Gasteiger partial charge in [-0.1, -0.05) is 48.5 Å². The van der Waals surface area contributed by atoms with Crippen LogP contribution in [0.3, 0.4) is 0 Å². The van der Waals surface area contributed by atoms with Gasteiger partial charge in [-0.3, -0.25) is 4.98 Å². The van der Waals surface area contributed by atoms with Crippen molar-refractivity contribution in [3.8, 4) is 0 Å². The number of aromatic nitrogens is 1. The Kier molecular flexibility index (Phi) is 6.05. The number of aliphatic imine (C=N–C) groups is 1. The summed E-state index contributed by atoms with van der Waals surface area (Å²) in [5, 5.41) is 3.15. The molecule has 1 aliphatic heterocycles. The van der Waals surface area contributed by atoms with Gasteiger partial charge in [-0.2, -0.15) is 0 Å². The molecular weight excluding hydrogens is 358 g/mol. The predicted molar refractivity (Wildman–Crippen MR) is 119 cm³/mol. The largest absolute Gasteiger partial charge is 0.370 e. The van der Waals surface area contributed by atoms with Crippen LogP contribution in [0.25, 0.3) is 0 Å². The third-order valence-electron chi connectivity index (χ3n) is 5.23. The number of rotatable bonds is 7. The van der Waals surface area contributed by atoms with E-state index in [9.17, 15) is 0 Å². The Morgan fingerprint density at radius 2 is 1.79 bits per heavy atom. The molecule has 5 heteroatoms. The zero-order chi connectivity index (χ0) is 19.9. The molecular formula is C24H27N5. The van der Waals surface area contributed by atoms with E-state index in [4.69, 9.17) is 5.73 Å². The SMILES string of the molecule is NC(=NCc1ccc(CN2CCc3ccccc32)cc1)NCCc1ccccn1. The molecule has 2 heterocycles. The lowest BCUT2D eigenvalue weighted by Gasteiger charge is -2.19. The summed E-state index contributed by atoms with van der Waals surface area (Å²) >= 11 is 0. The van der Waals surface area contributed by atoms with Crippen LogP contribution in [0.4, 0.5) is 5.69 Å². The van der Waals surface area contributed by atoms with Crippen LogP contribution in [-0.4, -0.2) is 24.0 Å². The molecule has 0 amide bonds. The first-order valence-electron chi connectivity index (χ1n) is 10.1. The molecule has 0 atom stereocenters. The summed E-state index contributed by atoms with van der Waals surface area (Å²) in [5.41, 5.74) is 12.3. The molecule has 3 N–H and O–H groups in total. The van der Waals surface area contributed by atoms with Crippen molar-refractivity contribution in [2.45, 2.75) is 25.9 Å². The van der Waals surface area contributed by atoms with Crippen LogP contribution < -0.4 is 16.0 Å². The molecule has 148 valence electrons. The van der Waals surface area contributed by atoms with Gasteiger partial charge in [0.1, 0.15) is 0 Å². The molecule has 29 heavy (non-hydrogen) atoms. The number of hydrogen-bond donors (Lipinski definition) is 2. The van der Waals surface area contributed by atoms with Crippen LogP contribution in [0, 0.1) is 0 Å². The molecule has 3 aromatic rings. The van der Waals surface area contributed by atoms with Gasteiger partial charge in [0.05, 0.1) is 6.54 Å². The van der Waals surface area contributed by atoms with Gasteiger partial charge in [0.15, 0.2) is 5.96 Å². The molecule has 0 fully saturated rings. The minimum absolute atomic E-state index is 0.471. The van der Waals surface area contributed by atoms with Crippen molar-refractivity contribution in [1.82, 2.24) is 10.3 Å². The number of benzene rings is 2. The number of para-hydroxylation sites is 1. The number of nitrogens with two attached hydrogens (primary N) is 1. The molecule has 1 aliphatic rings. The quantitative estimate of drug-likeness (QED) is 0.484. The Balaban J connectivity index is 1.25. The lowest BCUT2D eigenvalue weighted by molar-refractivity contribution is 0.826. The minimum atomic E-state index is 0.471. The molecule has 0 bridgehead atoms. The van der Waals surface area contributed by atoms with E-state index in [2.05, 4.69) is 68.7 Å². The number of guanidine groups is 1. The number of pyridine rings is 1. The maximum Gasteiger partial charge on any atom is 0.188 e. The number of fused-ring (bicyclic) bond motifs is 1. The van der Waals surface area contributed by atoms with Gasteiger partial charge in [-0.05, 0) is 41.3 Å². The van der Waals surface area contributed by atoms with Crippen molar-refractivity contribution in [3.05, 3.63) is 95.3 Å². The van der Waals surface area contributed by atoms with Crippen molar-refractivity contribution in [1.29, 1.82) is 0 Å². The van der Waals surface area contributed by atoms with Gasteiger partial charge >= 0.3 is 0 Å². The lowest BCUT2D eigenvalue weighted by atomic mass is 10.1. The summed E-state index contributed by atoms with van der Waals surface area (Å²) in [4.78, 5) is 11.2. The summed E-state index contributed by atoms with van der Waals surface area (Å²) in [5.74, 6) is 0.471. The second-order valence-electron chi connectivity index (χ2n) is 7.32. The van der Waals surface area contributed by atoms with E-state index in [1.165, 1.54) is 16.8 Å². The van der Waals surface area contributed by atoms with Crippen LogP contribution in [0.1, 0.15) is 22.4 Å². The van der Waals surface area contributed by atoms with Crippen LogP contribution in [0.5, 0.6) is 0 Å². The topological polar surface area (TPSA) is 66.5 Å². The highest BCUT2D eigenvalue weighted by Gasteiger charge is 2.17. The van der Waals surface area contributed by atoms with Crippen LogP contribution in [0.15, 0.2) is 77.9 Å². The van der Waals surface area contributed by atoms with E-state index in [1.807, 2.05) is 18.2 Å². The highest BCUT2D eigenvalue weighted by Crippen LogP contribution is 2.28. The Morgan fingerprint density at radius 3 is 2.62 bits per heavy atom. The second kappa shape index (κ2) is 9.24. The second-order valence-corrected chi connectivity index (χ2v) is 7.32. The Labute approximate surface area is 172 Å². The first-order valence-corrected chi connectivity index (χ1v) is 10.1. The fourth-order valence-corrected chi connectivity index (χ4v) is 3.64. The van der Waals surface area contributed by atoms with Crippen molar-refractivity contribution in [3.63, 3.8) is 0 Å². The van der Waals surface area contributed by atoms with E-state index in [1.54, 1.807) is 6.20 Å². The fourth-order valence-electron chi connectivity index (χ4n) is 3.64. The number of nitrogens with zero attached hydrogens (tertiary/aromatic N) is 3. The smallest absolute Gasteiger partial charge is 0.188 e. The Hall–Kier alpha value is -3.34. The van der Waals surface area contributed by atoms with E-state index >= 15 is 0 Å². The maximum atomic E-state index is 5.98. The molecule has 4 rings (SSSR count). The maximum absolute atomic E-state index is 5.98. The summed E-state index contributed by atoms with van der Waals surface area (Å²) < 4.78 is 0. The summed E-state index contributed by atoms with van der Waals surface area (Å²) in [6.07, 6.45) is 3.76. The van der Waals surface area contributed by atoms with Crippen molar-refractivity contribution < 1.29 is 0 Å². The lowest BCUT2D eigenvalue weighted by Crippen LogP contribution is -2.33. The molecule has 0 unspecified atom stereocenters. The number of anilines is 1. The normalized spacial score (nSPS) is 13.4. The van der Waals surface area contributed by atoms with E-state index in [0.717, 1.165) is 43.7 Å². The average Bonchev–Trinajstić information content (AvgIpc) is 3.17. The highest BCUT2D eigenvalue weighted by atomic mass is 15.1. The van der Waals surface area contributed by atoms with E-state index in [0.29, 0.717) is 12.5 Å². The van der Waals surface area contributed by atoms with E-state index in [-0.39, 0.29) is 0 Å². The Morgan fingerprint density at radius 1 is 1.00 bits per heavy atom. The molecule has 0 saturated carbocycles. The zero-order valence-electron chi connectivity index (χ0n) is 16.6. The van der Waals surface area contributed by atoms with Gasteiger partial charge in [0, 0.05) is 43.6 Å². The monoisotopic (exact) mass is 385 g/mol. The molecule has 0 saturated heterocycles. The number of hydrogen-bond acceptors (Lipinski definition) is 3. The van der Waals surface area contributed by atoms with Gasteiger partial charge in [0.25, 0.3) is 0 Å². The van der Waals surface area contributed by atoms with Crippen LogP contribution in [-0.2, 0) is 25.9 Å².